The molecule has 0 bridgehead atoms. The molecule has 2 saturated heterocycles. The van der Waals surface area contributed by atoms with E-state index in [1.54, 1.807) is 6.07 Å². The zero-order valence-electron chi connectivity index (χ0n) is 19.7. The van der Waals surface area contributed by atoms with Gasteiger partial charge in [0, 0.05) is 19.1 Å². The molecule has 1 aromatic carbocycles. The fraction of sp³-hybridized carbons (Fsp3) is 0.458. The van der Waals surface area contributed by atoms with E-state index in [1.165, 1.54) is 17.1 Å². The number of rotatable bonds is 5. The van der Waals surface area contributed by atoms with Gasteiger partial charge in [0.2, 0.25) is 5.95 Å². The van der Waals surface area contributed by atoms with E-state index in [2.05, 4.69) is 42.7 Å². The lowest BCUT2D eigenvalue weighted by molar-refractivity contribution is 0.0121. The lowest BCUT2D eigenvalue weighted by Crippen LogP contribution is -2.41. The lowest BCUT2D eigenvalue weighted by Gasteiger charge is -2.30. The molecule has 11 nitrogen and oxygen atoms in total. The largest absolute Gasteiger partial charge is 0.378 e. The summed E-state index contributed by atoms with van der Waals surface area (Å²) in [6.45, 7) is 3.35. The van der Waals surface area contributed by atoms with Crippen LogP contribution in [0.15, 0.2) is 18.3 Å². The van der Waals surface area contributed by atoms with Gasteiger partial charge in [0.15, 0.2) is 17.2 Å². The number of aromatic nitrogens is 4. The normalized spacial score (nSPS) is 17.4. The van der Waals surface area contributed by atoms with Gasteiger partial charge >= 0.3 is 0 Å². The Labute approximate surface area is 213 Å². The van der Waals surface area contributed by atoms with Crippen LogP contribution in [0.1, 0.15) is 43.4 Å². The number of ether oxygens (including phenoxy) is 1. The van der Waals surface area contributed by atoms with Gasteiger partial charge in [-0.05, 0) is 44.2 Å². The first-order valence-corrected chi connectivity index (χ1v) is 12.4. The minimum Gasteiger partial charge on any atom is -0.378 e. The van der Waals surface area contributed by atoms with Gasteiger partial charge in [0.1, 0.15) is 6.07 Å². The molecule has 1 saturated carbocycles. The molecule has 0 spiro atoms. The second kappa shape index (κ2) is 10.5. The van der Waals surface area contributed by atoms with E-state index in [1.807, 2.05) is 6.07 Å². The van der Waals surface area contributed by atoms with Crippen molar-refractivity contribution in [1.29, 1.82) is 10.5 Å². The smallest absolute Gasteiger partial charge is 0.247 e. The van der Waals surface area contributed by atoms with Crippen LogP contribution in [0.2, 0.25) is 5.02 Å². The minimum absolute atomic E-state index is 0.270. The molecule has 0 atom stereocenters. The third-order valence-corrected chi connectivity index (χ3v) is 6.58. The highest BCUT2D eigenvalue weighted by molar-refractivity contribution is 6.36. The van der Waals surface area contributed by atoms with Crippen molar-refractivity contribution in [3.8, 4) is 12.1 Å². The van der Waals surface area contributed by atoms with Gasteiger partial charge in [-0.15, -0.1) is 5.10 Å². The van der Waals surface area contributed by atoms with Crippen LogP contribution >= 0.6 is 11.6 Å². The Kier molecular flexibility index (Phi) is 7.05. The number of nitrogens with one attached hydrogen (secondary N) is 2. The van der Waals surface area contributed by atoms with E-state index in [0.717, 1.165) is 57.7 Å². The number of hydrogen-bond acceptors (Lipinski definition) is 10. The number of benzene rings is 1. The van der Waals surface area contributed by atoms with Crippen molar-refractivity contribution >= 4 is 40.4 Å². The van der Waals surface area contributed by atoms with Gasteiger partial charge in [0.05, 0.1) is 53.5 Å². The van der Waals surface area contributed by atoms with Gasteiger partial charge in [-0.1, -0.05) is 11.6 Å². The Morgan fingerprint density at radius 1 is 1.11 bits per heavy atom. The highest BCUT2D eigenvalue weighted by Gasteiger charge is 2.25. The fourth-order valence-corrected chi connectivity index (χ4v) is 4.31. The van der Waals surface area contributed by atoms with Gasteiger partial charge < -0.3 is 26.0 Å². The van der Waals surface area contributed by atoms with E-state index < -0.39 is 0 Å². The van der Waals surface area contributed by atoms with Crippen molar-refractivity contribution < 1.29 is 4.74 Å². The average Bonchev–Trinajstić information content (AvgIpc) is 3.60. The van der Waals surface area contributed by atoms with E-state index in [9.17, 15) is 10.5 Å². The Balaban J connectivity index is 0.000000477. The maximum Gasteiger partial charge on any atom is 0.247 e. The first-order chi connectivity index (χ1) is 17.6. The molecule has 0 amide bonds. The van der Waals surface area contributed by atoms with E-state index >= 15 is 0 Å². The maximum absolute atomic E-state index is 9.54. The zero-order chi connectivity index (χ0) is 25.1. The molecule has 3 fully saturated rings. The molecule has 3 aromatic rings. The van der Waals surface area contributed by atoms with Crippen molar-refractivity contribution in [3.05, 3.63) is 34.6 Å². The SMILES string of the molecule is N#Cc1cc(Nc2nc(NC3CC3)c3ncc(C#N)n3n2)c(Cl)c(N2CCCCC2)c1.NC1COC1. The molecular formula is C24H27ClN10O. The van der Waals surface area contributed by atoms with Crippen LogP contribution in [-0.2, 0) is 4.74 Å². The zero-order valence-corrected chi connectivity index (χ0v) is 20.5. The molecule has 1 aliphatic carbocycles. The number of nitrogens with two attached hydrogens (primary N) is 1. The number of anilines is 4. The quantitative estimate of drug-likeness (QED) is 0.470. The molecule has 36 heavy (non-hydrogen) atoms. The second-order valence-electron chi connectivity index (χ2n) is 9.13. The molecule has 4 heterocycles. The number of fused-ring (bicyclic) bond motifs is 1. The summed E-state index contributed by atoms with van der Waals surface area (Å²) in [6, 6.07) is 8.52. The molecule has 6 rings (SSSR count). The van der Waals surface area contributed by atoms with Crippen molar-refractivity contribution in [3.63, 3.8) is 0 Å². The van der Waals surface area contributed by atoms with Crippen LogP contribution in [0.4, 0.5) is 23.1 Å². The van der Waals surface area contributed by atoms with Crippen LogP contribution in [-0.4, -0.2) is 58.0 Å². The number of hydrogen-bond donors (Lipinski definition) is 3. The standard InChI is InChI=1S/C21H20ClN9.C3H7NO/c22-18-16(8-13(10-23)9-17(18)30-6-2-1-3-7-30)27-21-28-19(26-14-4-5-14)20-25-12-15(11-24)31(20)29-21;4-3-1-5-2-3/h8-9,12,14H,1-7H2,(H2,26,27,28,29);3H,1-2,4H2. The number of piperidine rings is 1. The monoisotopic (exact) mass is 506 g/mol. The van der Waals surface area contributed by atoms with E-state index in [-0.39, 0.29) is 5.95 Å². The predicted octanol–water partition coefficient (Wildman–Crippen LogP) is 3.17. The molecule has 3 aliphatic rings. The summed E-state index contributed by atoms with van der Waals surface area (Å²) in [4.78, 5) is 11.1. The Morgan fingerprint density at radius 2 is 1.86 bits per heavy atom. The summed E-state index contributed by atoms with van der Waals surface area (Å²) in [7, 11) is 0. The number of imidazole rings is 1. The summed E-state index contributed by atoms with van der Waals surface area (Å²) in [6.07, 6.45) is 7.02. The molecule has 4 N–H and O–H groups in total. The third-order valence-electron chi connectivity index (χ3n) is 6.18. The first-order valence-electron chi connectivity index (χ1n) is 12.1. The van der Waals surface area contributed by atoms with Gasteiger partial charge in [-0.2, -0.15) is 20.0 Å². The lowest BCUT2D eigenvalue weighted by atomic mass is 10.1. The fourth-order valence-electron chi connectivity index (χ4n) is 4.03. The summed E-state index contributed by atoms with van der Waals surface area (Å²) in [5, 5.41) is 30.4. The molecule has 0 unspecified atom stereocenters. The van der Waals surface area contributed by atoms with Crippen LogP contribution in [0.5, 0.6) is 0 Å². The van der Waals surface area contributed by atoms with Crippen LogP contribution < -0.4 is 21.3 Å². The Morgan fingerprint density at radius 3 is 2.47 bits per heavy atom. The van der Waals surface area contributed by atoms with E-state index in [0.29, 0.717) is 45.5 Å². The summed E-state index contributed by atoms with van der Waals surface area (Å²) >= 11 is 6.75. The van der Waals surface area contributed by atoms with Crippen molar-refractivity contribution in [2.75, 3.05) is 41.8 Å². The Bertz CT molecular complexity index is 1330. The van der Waals surface area contributed by atoms with Crippen molar-refractivity contribution in [1.82, 2.24) is 19.6 Å². The van der Waals surface area contributed by atoms with Crippen molar-refractivity contribution in [2.24, 2.45) is 5.73 Å². The molecule has 2 aliphatic heterocycles. The van der Waals surface area contributed by atoms with Crippen molar-refractivity contribution in [2.45, 2.75) is 44.2 Å². The highest BCUT2D eigenvalue weighted by Crippen LogP contribution is 2.37. The van der Waals surface area contributed by atoms with Crippen LogP contribution in [0.3, 0.4) is 0 Å². The number of nitrogens with zero attached hydrogens (tertiary/aromatic N) is 7. The summed E-state index contributed by atoms with van der Waals surface area (Å²) in [5.74, 6) is 0.831. The highest BCUT2D eigenvalue weighted by atomic mass is 35.5. The average molecular weight is 507 g/mol. The maximum atomic E-state index is 9.54. The van der Waals surface area contributed by atoms with Gasteiger partial charge in [0.25, 0.3) is 0 Å². The topological polar surface area (TPSA) is 153 Å². The molecule has 2 aromatic heterocycles. The molecular weight excluding hydrogens is 480 g/mol. The number of nitriles is 2. The minimum atomic E-state index is 0.270. The second-order valence-corrected chi connectivity index (χ2v) is 9.51. The van der Waals surface area contributed by atoms with Gasteiger partial charge in [-0.25, -0.2) is 4.98 Å². The number of halogens is 1. The van der Waals surface area contributed by atoms with Crippen LogP contribution in [0.25, 0.3) is 5.65 Å². The predicted molar refractivity (Wildman–Crippen MR) is 136 cm³/mol. The van der Waals surface area contributed by atoms with E-state index in [4.69, 9.17) is 22.1 Å². The Hall–Kier alpha value is -3.64. The summed E-state index contributed by atoms with van der Waals surface area (Å²) in [5.41, 5.74) is 7.95. The summed E-state index contributed by atoms with van der Waals surface area (Å²) < 4.78 is 6.18. The van der Waals surface area contributed by atoms with Gasteiger partial charge in [-0.3, -0.25) is 0 Å². The third kappa shape index (κ3) is 5.29. The molecule has 0 radical (unpaired) electrons. The first kappa shape index (κ1) is 24.1. The molecule has 186 valence electrons. The molecule has 12 heteroatoms. The van der Waals surface area contributed by atoms with Crippen LogP contribution in [0, 0.1) is 22.7 Å².